The lowest BCUT2D eigenvalue weighted by molar-refractivity contribution is 0.417. The molecule has 1 saturated carbocycles. The van der Waals surface area contributed by atoms with Crippen LogP contribution in [0.5, 0.6) is 0 Å². The van der Waals surface area contributed by atoms with Crippen molar-refractivity contribution in [1.82, 2.24) is 10.1 Å². The molecule has 2 aromatic rings. The van der Waals surface area contributed by atoms with Gasteiger partial charge in [-0.05, 0) is 24.8 Å². The molecule has 1 aliphatic rings. The zero-order valence-electron chi connectivity index (χ0n) is 9.76. The smallest absolute Gasteiger partial charge is 0.230 e. The Morgan fingerprint density at radius 2 is 2.29 bits per heavy atom. The van der Waals surface area contributed by atoms with Gasteiger partial charge in [0.15, 0.2) is 0 Å². The molecular weight excluding hydrogens is 214 g/mol. The van der Waals surface area contributed by atoms with Crippen molar-refractivity contribution in [3.8, 4) is 11.1 Å². The fourth-order valence-corrected chi connectivity index (χ4v) is 2.25. The first kappa shape index (κ1) is 10.3. The average molecular weight is 229 g/mol. The topological polar surface area (TPSA) is 64.9 Å². The van der Waals surface area contributed by atoms with Crippen molar-refractivity contribution in [2.24, 2.45) is 5.92 Å². The molecule has 2 heterocycles. The Bertz CT molecular complexity index is 517. The SMILES string of the molecule is CC(c1noc(N)c1-c1cccnc1)C1CC1. The normalized spacial score (nSPS) is 17.0. The molecular formula is C13H15N3O. The Morgan fingerprint density at radius 3 is 2.94 bits per heavy atom. The third-order valence-electron chi connectivity index (χ3n) is 3.46. The van der Waals surface area contributed by atoms with Crippen LogP contribution < -0.4 is 5.73 Å². The van der Waals surface area contributed by atoms with E-state index in [1.54, 1.807) is 12.4 Å². The number of hydrogen-bond donors (Lipinski definition) is 1. The second-order valence-electron chi connectivity index (χ2n) is 4.67. The number of nitrogen functional groups attached to an aromatic ring is 1. The fourth-order valence-electron chi connectivity index (χ4n) is 2.25. The van der Waals surface area contributed by atoms with Gasteiger partial charge in [-0.25, -0.2) is 0 Å². The first-order valence-electron chi connectivity index (χ1n) is 5.93. The summed E-state index contributed by atoms with van der Waals surface area (Å²) in [6.45, 7) is 2.19. The number of nitrogens with two attached hydrogens (primary N) is 1. The molecule has 17 heavy (non-hydrogen) atoms. The van der Waals surface area contributed by atoms with Crippen LogP contribution in [0.4, 0.5) is 5.88 Å². The monoisotopic (exact) mass is 229 g/mol. The van der Waals surface area contributed by atoms with E-state index in [9.17, 15) is 0 Å². The zero-order chi connectivity index (χ0) is 11.8. The molecule has 0 amide bonds. The lowest BCUT2D eigenvalue weighted by atomic mass is 9.95. The van der Waals surface area contributed by atoms with Crippen LogP contribution >= 0.6 is 0 Å². The molecule has 0 saturated heterocycles. The third-order valence-corrected chi connectivity index (χ3v) is 3.46. The maximum Gasteiger partial charge on any atom is 0.230 e. The minimum Gasteiger partial charge on any atom is -0.367 e. The van der Waals surface area contributed by atoms with Gasteiger partial charge in [0.2, 0.25) is 5.88 Å². The van der Waals surface area contributed by atoms with Crippen molar-refractivity contribution in [3.63, 3.8) is 0 Å². The average Bonchev–Trinajstić information content (AvgIpc) is 3.13. The van der Waals surface area contributed by atoms with E-state index in [0.29, 0.717) is 11.8 Å². The molecule has 1 atom stereocenters. The van der Waals surface area contributed by atoms with E-state index < -0.39 is 0 Å². The summed E-state index contributed by atoms with van der Waals surface area (Å²) in [5, 5.41) is 4.13. The van der Waals surface area contributed by atoms with Gasteiger partial charge in [-0.15, -0.1) is 0 Å². The molecule has 0 aliphatic heterocycles. The van der Waals surface area contributed by atoms with Crippen LogP contribution in [0.1, 0.15) is 31.4 Å². The molecule has 1 fully saturated rings. The fraction of sp³-hybridized carbons (Fsp3) is 0.385. The highest BCUT2D eigenvalue weighted by Crippen LogP contribution is 2.45. The molecule has 2 aromatic heterocycles. The summed E-state index contributed by atoms with van der Waals surface area (Å²) < 4.78 is 5.15. The van der Waals surface area contributed by atoms with E-state index in [4.69, 9.17) is 10.3 Å². The van der Waals surface area contributed by atoms with Gasteiger partial charge >= 0.3 is 0 Å². The number of rotatable bonds is 3. The summed E-state index contributed by atoms with van der Waals surface area (Å²) in [6, 6.07) is 3.88. The number of hydrogen-bond acceptors (Lipinski definition) is 4. The summed E-state index contributed by atoms with van der Waals surface area (Å²) in [6.07, 6.45) is 6.10. The Morgan fingerprint density at radius 1 is 1.47 bits per heavy atom. The maximum absolute atomic E-state index is 5.87. The molecule has 0 radical (unpaired) electrons. The van der Waals surface area contributed by atoms with Gasteiger partial charge in [0.25, 0.3) is 0 Å². The standard InChI is InChI=1S/C13H15N3O/c1-8(9-4-5-9)12-11(13(14)17-16-12)10-3-2-6-15-7-10/h2-3,6-9H,4-5,14H2,1H3. The maximum atomic E-state index is 5.87. The summed E-state index contributed by atoms with van der Waals surface area (Å²) in [7, 11) is 0. The van der Waals surface area contributed by atoms with Gasteiger partial charge in [-0.2, -0.15) is 0 Å². The van der Waals surface area contributed by atoms with E-state index in [-0.39, 0.29) is 0 Å². The molecule has 4 heteroatoms. The van der Waals surface area contributed by atoms with E-state index in [1.165, 1.54) is 12.8 Å². The highest BCUT2D eigenvalue weighted by molar-refractivity contribution is 5.74. The summed E-state index contributed by atoms with van der Waals surface area (Å²) in [5.41, 5.74) is 8.74. The van der Waals surface area contributed by atoms with Crippen molar-refractivity contribution in [3.05, 3.63) is 30.2 Å². The van der Waals surface area contributed by atoms with Crippen LogP contribution in [0.3, 0.4) is 0 Å². The van der Waals surface area contributed by atoms with Gasteiger partial charge in [-0.1, -0.05) is 18.1 Å². The van der Waals surface area contributed by atoms with E-state index in [0.717, 1.165) is 22.7 Å². The summed E-state index contributed by atoms with van der Waals surface area (Å²) in [4.78, 5) is 4.12. The van der Waals surface area contributed by atoms with Crippen LogP contribution in [0.2, 0.25) is 0 Å². The van der Waals surface area contributed by atoms with Crippen LogP contribution in [0.15, 0.2) is 29.0 Å². The van der Waals surface area contributed by atoms with Crippen molar-refractivity contribution in [1.29, 1.82) is 0 Å². The molecule has 1 aliphatic carbocycles. The van der Waals surface area contributed by atoms with Gasteiger partial charge in [0, 0.05) is 23.9 Å². The first-order chi connectivity index (χ1) is 8.27. The second-order valence-corrected chi connectivity index (χ2v) is 4.67. The van der Waals surface area contributed by atoms with Gasteiger partial charge in [0.05, 0.1) is 11.3 Å². The quantitative estimate of drug-likeness (QED) is 0.878. The van der Waals surface area contributed by atoms with Gasteiger partial charge < -0.3 is 10.3 Å². The van der Waals surface area contributed by atoms with Gasteiger partial charge in [0.1, 0.15) is 0 Å². The Balaban J connectivity index is 2.06. The molecule has 88 valence electrons. The minimum absolute atomic E-state index is 0.389. The van der Waals surface area contributed by atoms with Crippen LogP contribution in [0, 0.1) is 5.92 Å². The highest BCUT2D eigenvalue weighted by Gasteiger charge is 2.33. The first-order valence-corrected chi connectivity index (χ1v) is 5.93. The Hall–Kier alpha value is -1.84. The van der Waals surface area contributed by atoms with Crippen molar-refractivity contribution < 1.29 is 4.52 Å². The number of aromatic nitrogens is 2. The second kappa shape index (κ2) is 3.87. The van der Waals surface area contributed by atoms with Crippen molar-refractivity contribution in [2.75, 3.05) is 5.73 Å². The molecule has 0 aromatic carbocycles. The number of nitrogens with zero attached hydrogens (tertiary/aromatic N) is 2. The van der Waals surface area contributed by atoms with Crippen molar-refractivity contribution in [2.45, 2.75) is 25.7 Å². The third kappa shape index (κ3) is 1.79. The Labute approximate surface area is 99.8 Å². The number of pyridine rings is 1. The Kier molecular flexibility index (Phi) is 2.35. The predicted molar refractivity (Wildman–Crippen MR) is 65.3 cm³/mol. The molecule has 0 bridgehead atoms. The highest BCUT2D eigenvalue weighted by atomic mass is 16.5. The van der Waals surface area contributed by atoms with E-state index >= 15 is 0 Å². The molecule has 2 N–H and O–H groups in total. The summed E-state index contributed by atoms with van der Waals surface area (Å²) in [5.74, 6) is 1.53. The molecule has 4 nitrogen and oxygen atoms in total. The zero-order valence-corrected chi connectivity index (χ0v) is 9.76. The van der Waals surface area contributed by atoms with Crippen molar-refractivity contribution >= 4 is 5.88 Å². The van der Waals surface area contributed by atoms with E-state index in [1.807, 2.05) is 12.1 Å². The van der Waals surface area contributed by atoms with Gasteiger partial charge in [-0.3, -0.25) is 4.98 Å². The minimum atomic E-state index is 0.389. The lowest BCUT2D eigenvalue weighted by Crippen LogP contribution is -1.99. The van der Waals surface area contributed by atoms with Crippen LogP contribution in [-0.4, -0.2) is 10.1 Å². The largest absolute Gasteiger partial charge is 0.367 e. The van der Waals surface area contributed by atoms with Crippen LogP contribution in [0.25, 0.3) is 11.1 Å². The predicted octanol–water partition coefficient (Wildman–Crippen LogP) is 2.83. The van der Waals surface area contributed by atoms with E-state index in [2.05, 4.69) is 17.1 Å². The molecule has 3 rings (SSSR count). The van der Waals surface area contributed by atoms with Crippen LogP contribution in [-0.2, 0) is 0 Å². The number of anilines is 1. The lowest BCUT2D eigenvalue weighted by Gasteiger charge is -2.08. The summed E-state index contributed by atoms with van der Waals surface area (Å²) >= 11 is 0. The molecule has 0 spiro atoms. The molecule has 1 unspecified atom stereocenters.